The Labute approximate surface area is 195 Å². The molecule has 0 bridgehead atoms. The SMILES string of the molecule is CC(C)[C@@H]1c2ccc(F)cc2CC[C@]1(CCN(C)CCCC(=O)O)OC(=O)N1CCOCC1. The number of benzene rings is 1. The molecule has 7 nitrogen and oxygen atoms in total. The second kappa shape index (κ2) is 11.3. The molecule has 2 atom stereocenters. The molecule has 3 rings (SSSR count). The Morgan fingerprint density at radius 3 is 2.70 bits per heavy atom. The zero-order valence-corrected chi connectivity index (χ0v) is 20.0. The van der Waals surface area contributed by atoms with Gasteiger partial charge in [0.15, 0.2) is 0 Å². The number of aliphatic carboxylic acids is 1. The van der Waals surface area contributed by atoms with Crippen LogP contribution in [0.2, 0.25) is 0 Å². The minimum absolute atomic E-state index is 0.0562. The van der Waals surface area contributed by atoms with Gasteiger partial charge in [0.25, 0.3) is 0 Å². The van der Waals surface area contributed by atoms with Crippen LogP contribution in [0.5, 0.6) is 0 Å². The maximum Gasteiger partial charge on any atom is 0.410 e. The van der Waals surface area contributed by atoms with E-state index in [4.69, 9.17) is 14.6 Å². The first-order valence-electron chi connectivity index (χ1n) is 12.0. The van der Waals surface area contributed by atoms with Gasteiger partial charge in [-0.15, -0.1) is 0 Å². The molecule has 1 N–H and O–H groups in total. The lowest BCUT2D eigenvalue weighted by Gasteiger charge is -2.47. The number of halogens is 1. The van der Waals surface area contributed by atoms with Crippen LogP contribution in [-0.4, -0.2) is 79.0 Å². The van der Waals surface area contributed by atoms with E-state index in [1.165, 1.54) is 6.07 Å². The van der Waals surface area contributed by atoms with Gasteiger partial charge in [-0.2, -0.15) is 0 Å². The molecule has 1 fully saturated rings. The summed E-state index contributed by atoms with van der Waals surface area (Å²) in [6.45, 7) is 7.61. The van der Waals surface area contributed by atoms with Gasteiger partial charge in [0.05, 0.1) is 13.2 Å². The molecular weight excluding hydrogens is 427 g/mol. The van der Waals surface area contributed by atoms with Gasteiger partial charge >= 0.3 is 12.1 Å². The molecule has 1 heterocycles. The number of hydrogen-bond donors (Lipinski definition) is 1. The van der Waals surface area contributed by atoms with E-state index in [-0.39, 0.29) is 30.2 Å². The Hall–Kier alpha value is -2.19. The average molecular weight is 465 g/mol. The summed E-state index contributed by atoms with van der Waals surface area (Å²) < 4.78 is 25.7. The highest BCUT2D eigenvalue weighted by Crippen LogP contribution is 2.48. The van der Waals surface area contributed by atoms with E-state index in [0.717, 1.165) is 11.1 Å². The second-order valence-corrected chi connectivity index (χ2v) is 9.65. The Balaban J connectivity index is 1.84. The van der Waals surface area contributed by atoms with Gasteiger partial charge in [-0.3, -0.25) is 4.79 Å². The number of rotatable bonds is 9. The molecule has 0 aromatic heterocycles. The molecule has 8 heteroatoms. The number of fused-ring (bicyclic) bond motifs is 1. The summed E-state index contributed by atoms with van der Waals surface area (Å²) in [6.07, 6.45) is 2.30. The van der Waals surface area contributed by atoms with Crippen LogP contribution in [0.25, 0.3) is 0 Å². The van der Waals surface area contributed by atoms with Crippen molar-refractivity contribution in [2.24, 2.45) is 5.92 Å². The molecule has 1 saturated heterocycles. The lowest BCUT2D eigenvalue weighted by Crippen LogP contribution is -2.52. The first-order chi connectivity index (χ1) is 15.7. The highest BCUT2D eigenvalue weighted by molar-refractivity contribution is 5.68. The predicted octanol–water partition coefficient (Wildman–Crippen LogP) is 3.91. The number of carbonyl (C=O) groups is 2. The number of morpholine rings is 1. The fourth-order valence-electron chi connectivity index (χ4n) is 5.27. The number of amides is 1. The number of ether oxygens (including phenoxy) is 2. The van der Waals surface area contributed by atoms with E-state index < -0.39 is 11.6 Å². The number of carbonyl (C=O) groups excluding carboxylic acids is 1. The number of aryl methyl sites for hydroxylation is 1. The summed E-state index contributed by atoms with van der Waals surface area (Å²) in [4.78, 5) is 27.9. The molecule has 1 aliphatic heterocycles. The molecule has 1 aromatic rings. The zero-order chi connectivity index (χ0) is 24.0. The zero-order valence-electron chi connectivity index (χ0n) is 20.0. The average Bonchev–Trinajstić information content (AvgIpc) is 2.78. The lowest BCUT2D eigenvalue weighted by molar-refractivity contribution is -0.137. The summed E-state index contributed by atoms with van der Waals surface area (Å²) in [5.74, 6) is -0.911. The minimum atomic E-state index is -0.796. The summed E-state index contributed by atoms with van der Waals surface area (Å²) in [6, 6.07) is 4.95. The van der Waals surface area contributed by atoms with Crippen molar-refractivity contribution in [1.82, 2.24) is 9.80 Å². The van der Waals surface area contributed by atoms with Crippen molar-refractivity contribution in [2.45, 2.75) is 57.5 Å². The number of carboxylic acids is 1. The maximum atomic E-state index is 13.9. The van der Waals surface area contributed by atoms with Crippen LogP contribution >= 0.6 is 0 Å². The van der Waals surface area contributed by atoms with E-state index in [2.05, 4.69) is 18.7 Å². The first kappa shape index (κ1) is 25.4. The number of carboxylic acid groups (broad SMARTS) is 1. The van der Waals surface area contributed by atoms with Crippen molar-refractivity contribution in [3.63, 3.8) is 0 Å². The van der Waals surface area contributed by atoms with Gasteiger partial charge in [0, 0.05) is 38.4 Å². The number of hydrogen-bond acceptors (Lipinski definition) is 5. The molecular formula is C25H37FN2O5. The van der Waals surface area contributed by atoms with E-state index in [1.54, 1.807) is 11.0 Å². The van der Waals surface area contributed by atoms with Crippen LogP contribution in [0.1, 0.15) is 56.6 Å². The van der Waals surface area contributed by atoms with Crippen molar-refractivity contribution in [3.8, 4) is 0 Å². The van der Waals surface area contributed by atoms with E-state index >= 15 is 0 Å². The van der Waals surface area contributed by atoms with Crippen molar-refractivity contribution in [1.29, 1.82) is 0 Å². The topological polar surface area (TPSA) is 79.3 Å². The van der Waals surface area contributed by atoms with Crippen molar-refractivity contribution in [3.05, 3.63) is 35.1 Å². The largest absolute Gasteiger partial charge is 0.481 e. The Bertz CT molecular complexity index is 827. The quantitative estimate of drug-likeness (QED) is 0.597. The van der Waals surface area contributed by atoms with Gasteiger partial charge in [-0.25, -0.2) is 9.18 Å². The Kier molecular flexibility index (Phi) is 8.70. The van der Waals surface area contributed by atoms with Crippen LogP contribution in [0.3, 0.4) is 0 Å². The van der Waals surface area contributed by atoms with Gasteiger partial charge in [-0.1, -0.05) is 19.9 Å². The molecule has 2 aliphatic rings. The first-order valence-corrected chi connectivity index (χ1v) is 12.0. The molecule has 1 aromatic carbocycles. The van der Waals surface area contributed by atoms with E-state index in [9.17, 15) is 14.0 Å². The van der Waals surface area contributed by atoms with E-state index in [1.807, 2.05) is 13.1 Å². The van der Waals surface area contributed by atoms with Crippen molar-refractivity contribution >= 4 is 12.1 Å². The summed E-state index contributed by atoms with van der Waals surface area (Å²) in [7, 11) is 1.97. The van der Waals surface area contributed by atoms with Gasteiger partial charge in [0.1, 0.15) is 11.4 Å². The molecule has 0 unspecified atom stereocenters. The highest BCUT2D eigenvalue weighted by atomic mass is 19.1. The van der Waals surface area contributed by atoms with Gasteiger partial charge in [-0.05, 0) is 62.0 Å². The maximum absolute atomic E-state index is 13.9. The molecule has 1 amide bonds. The molecule has 33 heavy (non-hydrogen) atoms. The third kappa shape index (κ3) is 6.44. The Morgan fingerprint density at radius 1 is 1.30 bits per heavy atom. The van der Waals surface area contributed by atoms with E-state index in [0.29, 0.717) is 65.1 Å². The van der Waals surface area contributed by atoms with Crippen LogP contribution in [0.15, 0.2) is 18.2 Å². The normalized spacial score (nSPS) is 23.0. The van der Waals surface area contributed by atoms with Crippen LogP contribution < -0.4 is 0 Å². The van der Waals surface area contributed by atoms with Crippen LogP contribution in [-0.2, 0) is 20.7 Å². The fourth-order valence-corrected chi connectivity index (χ4v) is 5.27. The molecule has 0 spiro atoms. The van der Waals surface area contributed by atoms with Crippen LogP contribution in [0, 0.1) is 11.7 Å². The van der Waals surface area contributed by atoms with Crippen molar-refractivity contribution in [2.75, 3.05) is 46.4 Å². The fraction of sp³-hybridized carbons (Fsp3) is 0.680. The summed E-state index contributed by atoms with van der Waals surface area (Å²) in [5, 5.41) is 8.92. The van der Waals surface area contributed by atoms with Gasteiger partial charge in [0.2, 0.25) is 0 Å². The summed E-state index contributed by atoms with van der Waals surface area (Å²) >= 11 is 0. The third-order valence-corrected chi connectivity index (χ3v) is 6.90. The molecule has 0 radical (unpaired) electrons. The molecule has 0 saturated carbocycles. The van der Waals surface area contributed by atoms with Crippen LogP contribution in [0.4, 0.5) is 9.18 Å². The smallest absolute Gasteiger partial charge is 0.410 e. The lowest BCUT2D eigenvalue weighted by atomic mass is 9.65. The molecule has 1 aliphatic carbocycles. The third-order valence-electron chi connectivity index (χ3n) is 6.90. The molecule has 184 valence electrons. The second-order valence-electron chi connectivity index (χ2n) is 9.65. The predicted molar refractivity (Wildman–Crippen MR) is 123 cm³/mol. The monoisotopic (exact) mass is 464 g/mol. The Morgan fingerprint density at radius 2 is 2.03 bits per heavy atom. The van der Waals surface area contributed by atoms with Crippen molar-refractivity contribution < 1.29 is 28.6 Å². The standard InChI is InChI=1S/C25H37FN2O5/c1-18(2)23-21-7-6-20(26)17-19(21)8-9-25(23,10-12-27(3)11-4-5-22(29)30)33-24(31)28-13-15-32-16-14-28/h6-7,17-18,23H,4-5,8-16H2,1-3H3,(H,29,30)/t23-,25-/m1/s1. The summed E-state index contributed by atoms with van der Waals surface area (Å²) in [5.41, 5.74) is 1.33. The van der Waals surface area contributed by atoms with Gasteiger partial charge < -0.3 is 24.4 Å². The number of nitrogens with zero attached hydrogens (tertiary/aromatic N) is 2. The minimum Gasteiger partial charge on any atom is -0.481 e. The highest BCUT2D eigenvalue weighted by Gasteiger charge is 2.48.